The van der Waals surface area contributed by atoms with Gasteiger partial charge in [-0.25, -0.2) is 26.6 Å². The molecule has 12 nitrogen and oxygen atoms in total. The number of anilines is 2. The van der Waals surface area contributed by atoms with E-state index in [1.165, 1.54) is 56.7 Å². The maximum Gasteiger partial charge on any atom is 0.493 e. The summed E-state index contributed by atoms with van der Waals surface area (Å²) < 4.78 is 94.8. The van der Waals surface area contributed by atoms with Gasteiger partial charge in [0.2, 0.25) is 0 Å². The third kappa shape index (κ3) is 5.99. The summed E-state index contributed by atoms with van der Waals surface area (Å²) in [4.78, 5) is 24.0. The lowest BCUT2D eigenvalue weighted by Crippen LogP contribution is -2.33. The number of sulfone groups is 2. The molecule has 2 heterocycles. The number of nitrogens with one attached hydrogen (secondary N) is 1. The monoisotopic (exact) mass is 599 g/mol. The van der Waals surface area contributed by atoms with E-state index in [0.717, 1.165) is 18.4 Å². The van der Waals surface area contributed by atoms with Crippen LogP contribution in [-0.4, -0.2) is 60.4 Å². The van der Waals surface area contributed by atoms with Crippen molar-refractivity contribution in [2.24, 2.45) is 0 Å². The Morgan fingerprint density at radius 3 is 2.25 bits per heavy atom. The number of fused-ring (bicyclic) bond motifs is 1. The average Bonchev–Trinajstić information content (AvgIpc) is 3.20. The summed E-state index contributed by atoms with van der Waals surface area (Å²) in [5.41, 5.74) is -0.348. The second-order valence-electron chi connectivity index (χ2n) is 8.57. The van der Waals surface area contributed by atoms with Crippen molar-refractivity contribution >= 4 is 48.2 Å². The summed E-state index contributed by atoms with van der Waals surface area (Å²) in [7, 11) is -7.53. The molecule has 40 heavy (non-hydrogen) atoms. The smallest absolute Gasteiger partial charge is 0.455 e. The van der Waals surface area contributed by atoms with Gasteiger partial charge in [0.15, 0.2) is 36.8 Å². The second-order valence-corrected chi connectivity index (χ2v) is 13.1. The zero-order valence-electron chi connectivity index (χ0n) is 20.9. The van der Waals surface area contributed by atoms with Crippen LogP contribution in [0, 0.1) is 0 Å². The molecular formula is C23H20F3N5O7S2. The Labute approximate surface area is 225 Å². The van der Waals surface area contributed by atoms with Crippen molar-refractivity contribution < 1.29 is 44.4 Å². The molecule has 212 valence electrons. The van der Waals surface area contributed by atoms with Gasteiger partial charge in [-0.3, -0.25) is 4.98 Å². The number of rotatable bonds is 8. The predicted molar refractivity (Wildman–Crippen MR) is 135 cm³/mol. The summed E-state index contributed by atoms with van der Waals surface area (Å²) in [5, 5.41) is 5.59. The first kappa shape index (κ1) is 28.8. The molecule has 0 saturated carbocycles. The molecule has 0 aliphatic heterocycles. The van der Waals surface area contributed by atoms with Gasteiger partial charge in [0, 0.05) is 24.7 Å². The first-order valence-corrected chi connectivity index (χ1v) is 14.6. The van der Waals surface area contributed by atoms with Crippen LogP contribution in [0.4, 0.5) is 24.8 Å². The van der Waals surface area contributed by atoms with E-state index in [2.05, 4.69) is 25.2 Å². The second kappa shape index (κ2) is 10.4. The third-order valence-electron chi connectivity index (χ3n) is 5.33. The number of alkyl halides is 3. The largest absolute Gasteiger partial charge is 0.493 e. The van der Waals surface area contributed by atoms with E-state index in [4.69, 9.17) is 4.74 Å². The van der Waals surface area contributed by atoms with E-state index in [9.17, 15) is 34.8 Å². The van der Waals surface area contributed by atoms with E-state index in [-0.39, 0.29) is 48.7 Å². The van der Waals surface area contributed by atoms with Crippen molar-refractivity contribution in [1.29, 1.82) is 0 Å². The minimum absolute atomic E-state index is 0.00821. The lowest BCUT2D eigenvalue weighted by Gasteiger charge is -2.14. The molecule has 17 heteroatoms. The van der Waals surface area contributed by atoms with E-state index in [1.807, 2.05) is 0 Å². The van der Waals surface area contributed by atoms with Gasteiger partial charge in [-0.2, -0.15) is 13.2 Å². The standard InChI is InChI=1S/C23H20F3N5O7S2/c1-13(2)40(35,36)16-10-17-20(18(11-16)37-14-4-6-15(7-5-14)39(3,33)34)31(38-22(32)23(24,25)26)30-21(17)29-19-12-27-8-9-28-19/h4-13H,1-3H3,(H,28,29,30). The topological polar surface area (TPSA) is 159 Å². The van der Waals surface area contributed by atoms with Crippen LogP contribution in [0.2, 0.25) is 0 Å². The Kier molecular flexibility index (Phi) is 7.46. The van der Waals surface area contributed by atoms with Gasteiger partial charge >= 0.3 is 12.1 Å². The number of carbonyl (C=O) groups excluding carboxylic acids is 1. The number of aromatic nitrogens is 4. The van der Waals surface area contributed by atoms with Gasteiger partial charge in [0.1, 0.15) is 11.6 Å². The van der Waals surface area contributed by atoms with Gasteiger partial charge in [-0.05, 0) is 44.2 Å². The summed E-state index contributed by atoms with van der Waals surface area (Å²) in [6, 6.07) is 7.12. The zero-order valence-corrected chi connectivity index (χ0v) is 22.5. The van der Waals surface area contributed by atoms with E-state index in [1.54, 1.807) is 0 Å². The molecule has 2 aromatic carbocycles. The lowest BCUT2D eigenvalue weighted by molar-refractivity contribution is -0.200. The van der Waals surface area contributed by atoms with Crippen LogP contribution in [0.5, 0.6) is 11.5 Å². The molecule has 0 saturated heterocycles. The first-order valence-electron chi connectivity index (χ1n) is 11.2. The maximum atomic E-state index is 13.1. The first-order chi connectivity index (χ1) is 18.6. The fourth-order valence-corrected chi connectivity index (χ4v) is 5.05. The van der Waals surface area contributed by atoms with Crippen molar-refractivity contribution in [2.45, 2.75) is 35.1 Å². The molecule has 2 aromatic heterocycles. The minimum atomic E-state index is -5.39. The molecule has 0 spiro atoms. The quantitative estimate of drug-likeness (QED) is 0.316. The van der Waals surface area contributed by atoms with Crippen LogP contribution < -0.4 is 14.9 Å². The molecule has 0 unspecified atom stereocenters. The molecular weight excluding hydrogens is 579 g/mol. The molecule has 0 fully saturated rings. The van der Waals surface area contributed by atoms with Gasteiger partial charge in [-0.15, -0.1) is 5.10 Å². The molecule has 0 amide bonds. The van der Waals surface area contributed by atoms with Crippen molar-refractivity contribution in [2.75, 3.05) is 11.6 Å². The van der Waals surface area contributed by atoms with Crippen LogP contribution >= 0.6 is 0 Å². The fourth-order valence-electron chi connectivity index (χ4n) is 3.32. The van der Waals surface area contributed by atoms with Gasteiger partial charge < -0.3 is 14.9 Å². The summed E-state index contributed by atoms with van der Waals surface area (Å²) in [6.45, 7) is 2.86. The molecule has 4 rings (SSSR count). The predicted octanol–water partition coefficient (Wildman–Crippen LogP) is 3.47. The highest BCUT2D eigenvalue weighted by molar-refractivity contribution is 7.92. The number of halogens is 3. The summed E-state index contributed by atoms with van der Waals surface area (Å²) >= 11 is 0. The number of nitrogens with zero attached hydrogens (tertiary/aromatic N) is 4. The highest BCUT2D eigenvalue weighted by atomic mass is 32.2. The van der Waals surface area contributed by atoms with Gasteiger partial charge in [-0.1, -0.05) is 4.85 Å². The van der Waals surface area contributed by atoms with Crippen LogP contribution in [0.15, 0.2) is 64.8 Å². The van der Waals surface area contributed by atoms with Crippen molar-refractivity contribution in [3.8, 4) is 11.5 Å². The maximum absolute atomic E-state index is 13.1. The number of hydrogen-bond donors (Lipinski definition) is 1. The van der Waals surface area contributed by atoms with E-state index in [0.29, 0.717) is 0 Å². The molecule has 0 atom stereocenters. The number of hydrogen-bond acceptors (Lipinski definition) is 11. The van der Waals surface area contributed by atoms with Crippen molar-refractivity contribution in [3.05, 3.63) is 55.0 Å². The van der Waals surface area contributed by atoms with Gasteiger partial charge in [0.25, 0.3) is 0 Å². The van der Waals surface area contributed by atoms with Crippen molar-refractivity contribution in [3.63, 3.8) is 0 Å². The van der Waals surface area contributed by atoms with Crippen LogP contribution in [0.25, 0.3) is 10.9 Å². The Morgan fingerprint density at radius 1 is 1.02 bits per heavy atom. The van der Waals surface area contributed by atoms with Crippen molar-refractivity contribution in [1.82, 2.24) is 19.9 Å². The van der Waals surface area contributed by atoms with Crippen LogP contribution in [0.1, 0.15) is 13.8 Å². The Hall–Kier alpha value is -4.25. The van der Waals surface area contributed by atoms with Crippen LogP contribution in [0.3, 0.4) is 0 Å². The van der Waals surface area contributed by atoms with Gasteiger partial charge in [0.05, 0.1) is 26.6 Å². The Morgan fingerprint density at radius 2 is 1.70 bits per heavy atom. The SMILES string of the molecule is CC(C)S(=O)(=O)c1cc(Oc2ccc(S(C)(=O)=O)cc2)c2c(c1)c(Nc1cnccn1)nn2OC(=O)C(F)(F)F. The molecule has 0 radical (unpaired) electrons. The average molecular weight is 600 g/mol. The van der Waals surface area contributed by atoms with E-state index < -0.39 is 37.1 Å². The lowest BCUT2D eigenvalue weighted by atomic mass is 10.2. The molecule has 4 aromatic rings. The third-order valence-corrected chi connectivity index (χ3v) is 8.59. The highest BCUT2D eigenvalue weighted by Crippen LogP contribution is 2.38. The number of carbonyl (C=O) groups is 1. The van der Waals surface area contributed by atoms with E-state index >= 15 is 0 Å². The highest BCUT2D eigenvalue weighted by Gasteiger charge is 2.43. The summed E-state index contributed by atoms with van der Waals surface area (Å²) in [5.74, 6) is -3.12. The molecule has 0 bridgehead atoms. The minimum Gasteiger partial charge on any atom is -0.455 e. The molecule has 1 N–H and O–H groups in total. The summed E-state index contributed by atoms with van der Waals surface area (Å²) in [6.07, 6.45) is -0.454. The number of benzene rings is 2. The molecule has 0 aliphatic carbocycles. The fraction of sp³-hybridized carbons (Fsp3) is 0.217. The number of ether oxygens (including phenoxy) is 1. The Balaban J connectivity index is 1.97. The Bertz CT molecular complexity index is 1790. The zero-order chi connectivity index (χ0) is 29.5. The molecule has 0 aliphatic rings. The van der Waals surface area contributed by atoms with Crippen LogP contribution in [-0.2, 0) is 24.5 Å². The normalized spacial score (nSPS) is 12.5.